The number of halogens is 1. The Hall–Kier alpha value is -3.51. The lowest BCUT2D eigenvalue weighted by Gasteiger charge is -2.24. The Morgan fingerprint density at radius 1 is 1.46 bits per heavy atom. The second-order valence-corrected chi connectivity index (χ2v) is 6.23. The molecular weight excluding hydrogens is 363 g/mol. The normalized spacial score (nSPS) is 10.7. The standard InChI is InChI=1S/C19H19FN6O2/c1-4-12-5-11(7-21)6-13(20)17(12)26(3)19-10(2)15-16(23-9-22-15)18(25-19)24-14(28)8-27/h5-6,9,27H,4,8H2,1-3H3,(H,22,23)(H,24,25,28). The number of rotatable bonds is 5. The number of nitrogens with one attached hydrogen (secondary N) is 2. The predicted octanol–water partition coefficient (Wildman–Crippen LogP) is 2.54. The predicted molar refractivity (Wildman–Crippen MR) is 103 cm³/mol. The minimum absolute atomic E-state index is 0.186. The summed E-state index contributed by atoms with van der Waals surface area (Å²) in [5.74, 6) is -0.584. The number of aromatic amines is 1. The number of aryl methyl sites for hydroxylation is 2. The van der Waals surface area contributed by atoms with Crippen LogP contribution < -0.4 is 10.2 Å². The smallest absolute Gasteiger partial charge is 0.251 e. The molecule has 0 aliphatic heterocycles. The van der Waals surface area contributed by atoms with Gasteiger partial charge >= 0.3 is 0 Å². The number of pyridine rings is 1. The van der Waals surface area contributed by atoms with Gasteiger partial charge in [-0.15, -0.1) is 0 Å². The van der Waals surface area contributed by atoms with Crippen LogP contribution in [0.3, 0.4) is 0 Å². The molecule has 1 aromatic carbocycles. The number of aliphatic hydroxyl groups is 1. The molecular formula is C19H19FN6O2. The minimum atomic E-state index is -0.694. The molecule has 0 unspecified atom stereocenters. The molecule has 8 nitrogen and oxygen atoms in total. The Morgan fingerprint density at radius 2 is 2.21 bits per heavy atom. The zero-order valence-electron chi connectivity index (χ0n) is 15.7. The Labute approximate surface area is 160 Å². The molecule has 0 radical (unpaired) electrons. The third-order valence-corrected chi connectivity index (χ3v) is 4.49. The molecule has 0 aliphatic rings. The van der Waals surface area contributed by atoms with Gasteiger partial charge in [0.2, 0.25) is 0 Å². The first-order valence-electron chi connectivity index (χ1n) is 8.61. The van der Waals surface area contributed by atoms with Crippen LogP contribution in [0.25, 0.3) is 11.0 Å². The number of aliphatic hydroxyl groups excluding tert-OH is 1. The quantitative estimate of drug-likeness (QED) is 0.624. The SMILES string of the molecule is CCc1cc(C#N)cc(F)c1N(C)c1nc(NC(=O)CO)c2[nH]cnc2c1C. The van der Waals surface area contributed by atoms with Crippen LogP contribution in [-0.2, 0) is 11.2 Å². The second kappa shape index (κ2) is 7.62. The number of amides is 1. The molecule has 0 saturated heterocycles. The Bertz CT molecular complexity index is 1100. The number of anilines is 3. The molecule has 2 aromatic heterocycles. The highest BCUT2D eigenvalue weighted by molar-refractivity contribution is 6.00. The monoisotopic (exact) mass is 382 g/mol. The van der Waals surface area contributed by atoms with E-state index < -0.39 is 18.3 Å². The lowest BCUT2D eigenvalue weighted by molar-refractivity contribution is -0.118. The molecule has 0 atom stereocenters. The molecule has 3 N–H and O–H groups in total. The number of hydrogen-bond acceptors (Lipinski definition) is 6. The summed E-state index contributed by atoms with van der Waals surface area (Å²) in [4.78, 5) is 24.9. The van der Waals surface area contributed by atoms with Crippen LogP contribution in [0, 0.1) is 24.1 Å². The zero-order chi connectivity index (χ0) is 20.4. The van der Waals surface area contributed by atoms with E-state index >= 15 is 0 Å². The van der Waals surface area contributed by atoms with Crippen LogP contribution in [0.1, 0.15) is 23.6 Å². The summed E-state index contributed by atoms with van der Waals surface area (Å²) in [6.07, 6.45) is 1.99. The summed E-state index contributed by atoms with van der Waals surface area (Å²) >= 11 is 0. The molecule has 0 spiro atoms. The Morgan fingerprint density at radius 3 is 2.86 bits per heavy atom. The van der Waals surface area contributed by atoms with Crippen molar-refractivity contribution in [3.63, 3.8) is 0 Å². The van der Waals surface area contributed by atoms with Gasteiger partial charge in [-0.3, -0.25) is 4.79 Å². The van der Waals surface area contributed by atoms with Crippen LogP contribution in [0.5, 0.6) is 0 Å². The fraction of sp³-hybridized carbons (Fsp3) is 0.263. The number of aromatic nitrogens is 3. The number of carbonyl (C=O) groups is 1. The van der Waals surface area contributed by atoms with E-state index in [4.69, 9.17) is 10.4 Å². The first-order valence-corrected chi connectivity index (χ1v) is 8.61. The van der Waals surface area contributed by atoms with Gasteiger partial charge < -0.3 is 20.3 Å². The van der Waals surface area contributed by atoms with Gasteiger partial charge in [-0.05, 0) is 31.0 Å². The van der Waals surface area contributed by atoms with Gasteiger partial charge in [0.25, 0.3) is 5.91 Å². The van der Waals surface area contributed by atoms with E-state index in [0.29, 0.717) is 40.1 Å². The third-order valence-electron chi connectivity index (χ3n) is 4.49. The van der Waals surface area contributed by atoms with Crippen LogP contribution in [-0.4, -0.2) is 39.6 Å². The maximum Gasteiger partial charge on any atom is 0.251 e. The van der Waals surface area contributed by atoms with Gasteiger partial charge in [-0.1, -0.05) is 6.92 Å². The molecule has 0 fully saturated rings. The fourth-order valence-corrected chi connectivity index (χ4v) is 3.17. The summed E-state index contributed by atoms with van der Waals surface area (Å²) in [5.41, 5.74) is 2.96. The number of benzene rings is 1. The van der Waals surface area contributed by atoms with E-state index in [2.05, 4.69) is 20.3 Å². The van der Waals surface area contributed by atoms with E-state index in [-0.39, 0.29) is 11.4 Å². The molecule has 1 amide bonds. The number of imidazole rings is 1. The van der Waals surface area contributed by atoms with Crippen LogP contribution in [0.2, 0.25) is 0 Å². The van der Waals surface area contributed by atoms with E-state index in [1.807, 2.05) is 13.0 Å². The van der Waals surface area contributed by atoms with Crippen molar-refractivity contribution in [1.29, 1.82) is 5.26 Å². The van der Waals surface area contributed by atoms with Crippen LogP contribution in [0.15, 0.2) is 18.5 Å². The second-order valence-electron chi connectivity index (χ2n) is 6.23. The zero-order valence-corrected chi connectivity index (χ0v) is 15.7. The van der Waals surface area contributed by atoms with Crippen molar-refractivity contribution < 1.29 is 14.3 Å². The largest absolute Gasteiger partial charge is 0.387 e. The minimum Gasteiger partial charge on any atom is -0.387 e. The molecule has 28 heavy (non-hydrogen) atoms. The summed E-state index contributed by atoms with van der Waals surface area (Å²) in [5, 5.41) is 20.6. The lowest BCUT2D eigenvalue weighted by Crippen LogP contribution is -2.20. The molecule has 0 saturated carbocycles. The van der Waals surface area contributed by atoms with E-state index in [1.54, 1.807) is 24.9 Å². The molecule has 3 rings (SSSR count). The van der Waals surface area contributed by atoms with Gasteiger partial charge in [0, 0.05) is 12.6 Å². The third kappa shape index (κ3) is 3.25. The number of nitriles is 1. The highest BCUT2D eigenvalue weighted by Gasteiger charge is 2.22. The van der Waals surface area contributed by atoms with E-state index in [9.17, 15) is 9.18 Å². The number of fused-ring (bicyclic) bond motifs is 1. The number of nitrogens with zero attached hydrogens (tertiary/aromatic N) is 4. The fourth-order valence-electron chi connectivity index (χ4n) is 3.17. The van der Waals surface area contributed by atoms with E-state index in [1.165, 1.54) is 12.4 Å². The van der Waals surface area contributed by atoms with Gasteiger partial charge in [0.05, 0.1) is 29.2 Å². The van der Waals surface area contributed by atoms with Crippen molar-refractivity contribution in [2.75, 3.05) is 23.9 Å². The topological polar surface area (TPSA) is 118 Å². The first kappa shape index (κ1) is 19.3. The van der Waals surface area contributed by atoms with Crippen LogP contribution in [0.4, 0.5) is 21.7 Å². The average Bonchev–Trinajstić information content (AvgIpc) is 3.19. The highest BCUT2D eigenvalue weighted by Crippen LogP contribution is 2.35. The number of hydrogen-bond donors (Lipinski definition) is 3. The van der Waals surface area contributed by atoms with Crippen molar-refractivity contribution in [2.24, 2.45) is 0 Å². The summed E-state index contributed by atoms with van der Waals surface area (Å²) < 4.78 is 14.8. The van der Waals surface area contributed by atoms with Crippen molar-refractivity contribution >= 4 is 34.3 Å². The van der Waals surface area contributed by atoms with Gasteiger partial charge in [-0.2, -0.15) is 5.26 Å². The average molecular weight is 382 g/mol. The summed E-state index contributed by atoms with van der Waals surface area (Å²) in [7, 11) is 1.66. The van der Waals surface area contributed by atoms with Crippen LogP contribution >= 0.6 is 0 Å². The maximum absolute atomic E-state index is 14.8. The maximum atomic E-state index is 14.8. The summed E-state index contributed by atoms with van der Waals surface area (Å²) in [6.45, 7) is 2.98. The number of H-pyrrole nitrogens is 1. The van der Waals surface area contributed by atoms with Crippen molar-refractivity contribution in [3.05, 3.63) is 41.0 Å². The van der Waals surface area contributed by atoms with Crippen molar-refractivity contribution in [1.82, 2.24) is 15.0 Å². The Balaban J connectivity index is 2.20. The molecule has 0 bridgehead atoms. The molecule has 9 heteroatoms. The van der Waals surface area contributed by atoms with E-state index in [0.717, 1.165) is 0 Å². The molecule has 3 aromatic rings. The molecule has 144 valence electrons. The van der Waals surface area contributed by atoms with Gasteiger partial charge in [0.1, 0.15) is 23.8 Å². The molecule has 2 heterocycles. The Kier molecular flexibility index (Phi) is 5.24. The van der Waals surface area contributed by atoms with Gasteiger partial charge in [-0.25, -0.2) is 14.4 Å². The molecule has 0 aliphatic carbocycles. The summed E-state index contributed by atoms with van der Waals surface area (Å²) in [6, 6.07) is 4.79. The van der Waals surface area contributed by atoms with Crippen molar-refractivity contribution in [3.8, 4) is 6.07 Å². The van der Waals surface area contributed by atoms with Gasteiger partial charge in [0.15, 0.2) is 5.82 Å². The first-order chi connectivity index (χ1) is 13.4. The number of carbonyl (C=O) groups excluding carboxylic acids is 1. The lowest BCUT2D eigenvalue weighted by atomic mass is 10.0. The van der Waals surface area contributed by atoms with Crippen molar-refractivity contribution in [2.45, 2.75) is 20.3 Å². The highest BCUT2D eigenvalue weighted by atomic mass is 19.1.